The van der Waals surface area contributed by atoms with Gasteiger partial charge in [-0.25, -0.2) is 4.68 Å². The highest BCUT2D eigenvalue weighted by Gasteiger charge is 2.23. The molecule has 3 aromatic rings. The van der Waals surface area contributed by atoms with Crippen molar-refractivity contribution >= 4 is 5.91 Å². The molecule has 1 aliphatic rings. The zero-order valence-corrected chi connectivity index (χ0v) is 14.3. The van der Waals surface area contributed by atoms with Gasteiger partial charge < -0.3 is 19.3 Å². The molecule has 1 amide bonds. The average molecular weight is 371 g/mol. The van der Waals surface area contributed by atoms with Crippen LogP contribution in [-0.2, 0) is 16.1 Å². The van der Waals surface area contributed by atoms with Gasteiger partial charge in [-0.2, -0.15) is 4.98 Å². The van der Waals surface area contributed by atoms with E-state index in [9.17, 15) is 4.79 Å². The molecule has 1 aromatic carbocycles. The van der Waals surface area contributed by atoms with Crippen molar-refractivity contribution in [2.45, 2.75) is 25.5 Å². The number of carbonyl (C=O) groups excluding carboxylic acids is 1. The van der Waals surface area contributed by atoms with E-state index < -0.39 is 0 Å². The third-order valence-electron chi connectivity index (χ3n) is 3.95. The number of nitrogens with zero attached hydrogens (tertiary/aromatic N) is 6. The molecular formula is C16H17N7O4. The molecule has 0 aliphatic carbocycles. The Bertz CT molecular complexity index is 873. The minimum Gasteiger partial charge on any atom is -0.484 e. The van der Waals surface area contributed by atoms with Crippen LogP contribution in [0.2, 0.25) is 0 Å². The van der Waals surface area contributed by atoms with Crippen LogP contribution >= 0.6 is 0 Å². The van der Waals surface area contributed by atoms with Gasteiger partial charge in [0, 0.05) is 6.61 Å². The Labute approximate surface area is 153 Å². The van der Waals surface area contributed by atoms with Crippen molar-refractivity contribution in [2.24, 2.45) is 0 Å². The number of amides is 1. The molecule has 0 spiro atoms. The average Bonchev–Trinajstić information content (AvgIpc) is 3.47. The molecule has 4 rings (SSSR count). The number of carbonyl (C=O) groups is 1. The van der Waals surface area contributed by atoms with Gasteiger partial charge in [-0.05, 0) is 47.5 Å². The Balaban J connectivity index is 1.23. The molecule has 0 bridgehead atoms. The summed E-state index contributed by atoms with van der Waals surface area (Å²) in [6, 6.07) is 7.04. The van der Waals surface area contributed by atoms with E-state index in [1.54, 1.807) is 24.3 Å². The number of ether oxygens (including phenoxy) is 2. The summed E-state index contributed by atoms with van der Waals surface area (Å²) in [6.07, 6.45) is 3.20. The zero-order chi connectivity index (χ0) is 18.5. The molecule has 1 saturated heterocycles. The number of tetrazole rings is 1. The Morgan fingerprint density at radius 1 is 1.33 bits per heavy atom. The summed E-state index contributed by atoms with van der Waals surface area (Å²) in [5.41, 5.74) is 0.788. The van der Waals surface area contributed by atoms with Crippen LogP contribution in [0.3, 0.4) is 0 Å². The summed E-state index contributed by atoms with van der Waals surface area (Å²) in [5, 5.41) is 17.5. The first-order chi connectivity index (χ1) is 13.3. The highest BCUT2D eigenvalue weighted by molar-refractivity contribution is 5.77. The molecular weight excluding hydrogens is 354 g/mol. The molecule has 0 radical (unpaired) electrons. The lowest BCUT2D eigenvalue weighted by atomic mass is 10.2. The van der Waals surface area contributed by atoms with Crippen molar-refractivity contribution < 1.29 is 18.8 Å². The van der Waals surface area contributed by atoms with Crippen molar-refractivity contribution in [3.63, 3.8) is 0 Å². The van der Waals surface area contributed by atoms with Gasteiger partial charge in [-0.1, -0.05) is 5.16 Å². The van der Waals surface area contributed by atoms with Crippen LogP contribution in [0.5, 0.6) is 5.75 Å². The smallest absolute Gasteiger partial charge is 0.258 e. The number of benzene rings is 1. The number of aromatic nitrogens is 6. The predicted octanol–water partition coefficient (Wildman–Crippen LogP) is 0.592. The van der Waals surface area contributed by atoms with E-state index in [4.69, 9.17) is 14.0 Å². The fourth-order valence-electron chi connectivity index (χ4n) is 2.59. The number of hydrogen-bond acceptors (Lipinski definition) is 9. The quantitative estimate of drug-likeness (QED) is 0.634. The molecule has 1 N–H and O–H groups in total. The minimum absolute atomic E-state index is 0.124. The normalized spacial score (nSPS) is 16.4. The summed E-state index contributed by atoms with van der Waals surface area (Å²) in [6.45, 7) is 0.741. The van der Waals surface area contributed by atoms with Gasteiger partial charge in [0.05, 0.1) is 12.2 Å². The third kappa shape index (κ3) is 4.26. The van der Waals surface area contributed by atoms with Gasteiger partial charge in [0.15, 0.2) is 12.4 Å². The second kappa shape index (κ2) is 7.91. The molecule has 0 saturated carbocycles. The minimum atomic E-state index is -0.289. The number of nitrogens with one attached hydrogen (secondary N) is 1. The van der Waals surface area contributed by atoms with E-state index in [2.05, 4.69) is 31.0 Å². The van der Waals surface area contributed by atoms with Gasteiger partial charge in [-0.3, -0.25) is 4.79 Å². The molecule has 2 aromatic heterocycles. The Hall–Kier alpha value is -3.34. The first-order valence-corrected chi connectivity index (χ1v) is 8.45. The summed E-state index contributed by atoms with van der Waals surface area (Å²) < 4.78 is 17.6. The second-order valence-corrected chi connectivity index (χ2v) is 5.86. The topological polar surface area (TPSA) is 130 Å². The monoisotopic (exact) mass is 371 g/mol. The van der Waals surface area contributed by atoms with Crippen molar-refractivity contribution in [1.29, 1.82) is 0 Å². The molecule has 3 heterocycles. The maximum absolute atomic E-state index is 11.9. The largest absolute Gasteiger partial charge is 0.484 e. The van der Waals surface area contributed by atoms with Crippen LogP contribution in [0.4, 0.5) is 0 Å². The molecule has 1 atom stereocenters. The van der Waals surface area contributed by atoms with Crippen LogP contribution < -0.4 is 10.1 Å². The lowest BCUT2D eigenvalue weighted by Crippen LogP contribution is -2.28. The number of rotatable bonds is 7. The maximum Gasteiger partial charge on any atom is 0.258 e. The van der Waals surface area contributed by atoms with Crippen LogP contribution in [0.25, 0.3) is 5.69 Å². The van der Waals surface area contributed by atoms with E-state index in [1.807, 2.05) is 0 Å². The summed E-state index contributed by atoms with van der Waals surface area (Å²) in [5.74, 6) is 1.13. The Kier molecular flexibility index (Phi) is 5.01. The van der Waals surface area contributed by atoms with Gasteiger partial charge in [-0.15, -0.1) is 5.10 Å². The second-order valence-electron chi connectivity index (χ2n) is 5.86. The fraction of sp³-hybridized carbons (Fsp3) is 0.375. The van der Waals surface area contributed by atoms with Crippen molar-refractivity contribution in [1.82, 2.24) is 35.7 Å². The van der Waals surface area contributed by atoms with Gasteiger partial charge in [0.1, 0.15) is 18.2 Å². The zero-order valence-electron chi connectivity index (χ0n) is 14.3. The molecule has 1 aliphatic heterocycles. The standard InChI is InChI=1S/C16H17N7O4/c24-15(17-8-14-19-16(27-20-14)13-2-1-7-25-13)9-26-12-5-3-11(4-6-12)23-10-18-21-22-23/h3-6,10,13H,1-2,7-9H2,(H,17,24)/t13-/m1/s1. The molecule has 27 heavy (non-hydrogen) atoms. The molecule has 0 unspecified atom stereocenters. The van der Waals surface area contributed by atoms with E-state index in [-0.39, 0.29) is 25.2 Å². The van der Waals surface area contributed by atoms with Gasteiger partial charge >= 0.3 is 0 Å². The van der Waals surface area contributed by atoms with Crippen LogP contribution in [0, 0.1) is 0 Å². The summed E-state index contributed by atoms with van der Waals surface area (Å²) in [7, 11) is 0. The Morgan fingerprint density at radius 2 is 2.22 bits per heavy atom. The molecule has 140 valence electrons. The number of hydrogen-bond donors (Lipinski definition) is 1. The van der Waals surface area contributed by atoms with Crippen molar-refractivity contribution in [3.05, 3.63) is 42.3 Å². The van der Waals surface area contributed by atoms with E-state index >= 15 is 0 Å². The maximum atomic E-state index is 11.9. The molecule has 1 fully saturated rings. The Morgan fingerprint density at radius 3 is 2.96 bits per heavy atom. The first kappa shape index (κ1) is 17.1. The van der Waals surface area contributed by atoms with E-state index in [0.717, 1.165) is 18.5 Å². The predicted molar refractivity (Wildman–Crippen MR) is 88.7 cm³/mol. The molecule has 11 nitrogen and oxygen atoms in total. The van der Waals surface area contributed by atoms with Crippen LogP contribution in [-0.4, -0.2) is 49.5 Å². The van der Waals surface area contributed by atoms with E-state index in [1.165, 1.54) is 11.0 Å². The fourth-order valence-corrected chi connectivity index (χ4v) is 2.59. The highest BCUT2D eigenvalue weighted by Crippen LogP contribution is 2.26. The lowest BCUT2D eigenvalue weighted by molar-refractivity contribution is -0.123. The molecule has 11 heteroatoms. The van der Waals surface area contributed by atoms with Crippen molar-refractivity contribution in [3.8, 4) is 11.4 Å². The van der Waals surface area contributed by atoms with Gasteiger partial charge in [0.25, 0.3) is 11.8 Å². The van der Waals surface area contributed by atoms with E-state index in [0.29, 0.717) is 24.1 Å². The third-order valence-corrected chi connectivity index (χ3v) is 3.95. The highest BCUT2D eigenvalue weighted by atomic mass is 16.5. The summed E-state index contributed by atoms with van der Waals surface area (Å²) >= 11 is 0. The van der Waals surface area contributed by atoms with Gasteiger partial charge in [0.2, 0.25) is 0 Å². The first-order valence-electron chi connectivity index (χ1n) is 8.45. The SMILES string of the molecule is O=C(COc1ccc(-n2cnnn2)cc1)NCc1noc([C@H]2CCCO2)n1. The van der Waals surface area contributed by atoms with Crippen LogP contribution in [0.15, 0.2) is 35.1 Å². The van der Waals surface area contributed by atoms with Crippen molar-refractivity contribution in [2.75, 3.05) is 13.2 Å². The lowest BCUT2D eigenvalue weighted by Gasteiger charge is -2.07. The van der Waals surface area contributed by atoms with Crippen LogP contribution in [0.1, 0.15) is 30.7 Å². The summed E-state index contributed by atoms with van der Waals surface area (Å²) in [4.78, 5) is 16.2.